The molecule has 1 amide bonds. The van der Waals surface area contributed by atoms with Gasteiger partial charge in [0.25, 0.3) is 5.91 Å². The number of rotatable bonds is 5. The van der Waals surface area contributed by atoms with Crippen molar-refractivity contribution in [1.82, 2.24) is 9.88 Å². The normalized spacial score (nSPS) is 15.2. The van der Waals surface area contributed by atoms with Crippen LogP contribution in [-0.4, -0.2) is 22.4 Å². The van der Waals surface area contributed by atoms with Crippen molar-refractivity contribution < 1.29 is 13.9 Å². The van der Waals surface area contributed by atoms with Crippen LogP contribution in [0.3, 0.4) is 0 Å². The fraction of sp³-hybridized carbons (Fsp3) is 0.192. The number of halogens is 1. The van der Waals surface area contributed by atoms with Crippen molar-refractivity contribution in [3.05, 3.63) is 104 Å². The van der Waals surface area contributed by atoms with Gasteiger partial charge in [0, 0.05) is 24.0 Å². The zero-order valence-corrected chi connectivity index (χ0v) is 18.9. The number of benzene rings is 2. The monoisotopic (exact) mass is 460 g/mol. The molecule has 7 heteroatoms. The topological polar surface area (TPSA) is 72.6 Å². The molecular weight excluding hydrogens is 440 g/mol. The molecule has 1 aliphatic heterocycles. The van der Waals surface area contributed by atoms with Gasteiger partial charge in [-0.2, -0.15) is 0 Å². The van der Waals surface area contributed by atoms with Crippen LogP contribution in [0.1, 0.15) is 45.8 Å². The van der Waals surface area contributed by atoms with E-state index in [9.17, 15) is 9.59 Å². The average Bonchev–Trinajstić information content (AvgIpc) is 3.09. The van der Waals surface area contributed by atoms with E-state index in [0.29, 0.717) is 28.2 Å². The van der Waals surface area contributed by atoms with Crippen LogP contribution in [0.15, 0.2) is 70.1 Å². The molecular formula is C26H21ClN2O4. The SMILES string of the molecule is CCOc1ccc([C@@H]2c3c(oc4cc(C)c(Cl)cc4c3=O)C(=O)N2Cc2cccnc2)cc1. The zero-order valence-electron chi connectivity index (χ0n) is 18.2. The number of carbonyl (C=O) groups is 1. The largest absolute Gasteiger partial charge is 0.494 e. The number of hydrogen-bond donors (Lipinski definition) is 0. The molecule has 0 saturated heterocycles. The van der Waals surface area contributed by atoms with Crippen molar-refractivity contribution in [3.8, 4) is 5.75 Å². The summed E-state index contributed by atoms with van der Waals surface area (Å²) in [5.41, 5.74) is 2.83. The van der Waals surface area contributed by atoms with Gasteiger partial charge in [0.05, 0.1) is 23.6 Å². The van der Waals surface area contributed by atoms with E-state index in [1.54, 1.807) is 29.4 Å². The molecule has 0 radical (unpaired) electrons. The highest BCUT2D eigenvalue weighted by molar-refractivity contribution is 6.32. The third-order valence-corrected chi connectivity index (χ3v) is 6.24. The zero-order chi connectivity index (χ0) is 23.1. The molecule has 2 aromatic heterocycles. The summed E-state index contributed by atoms with van der Waals surface area (Å²) in [6.45, 7) is 4.57. The Kier molecular flexibility index (Phi) is 5.38. The van der Waals surface area contributed by atoms with E-state index >= 15 is 0 Å². The third kappa shape index (κ3) is 3.66. The maximum Gasteiger partial charge on any atom is 0.291 e. The number of fused-ring (bicyclic) bond motifs is 2. The van der Waals surface area contributed by atoms with Crippen LogP contribution >= 0.6 is 11.6 Å². The molecule has 4 aromatic rings. The fourth-order valence-corrected chi connectivity index (χ4v) is 4.42. The first kappa shape index (κ1) is 21.2. The van der Waals surface area contributed by atoms with Gasteiger partial charge in [-0.1, -0.05) is 29.8 Å². The number of ether oxygens (including phenoxy) is 1. The van der Waals surface area contributed by atoms with Crippen molar-refractivity contribution in [2.45, 2.75) is 26.4 Å². The number of nitrogens with zero attached hydrogens (tertiary/aromatic N) is 2. The maximum atomic E-state index is 13.6. The molecule has 0 unspecified atom stereocenters. The van der Waals surface area contributed by atoms with E-state index in [2.05, 4.69) is 4.98 Å². The van der Waals surface area contributed by atoms with Crippen molar-refractivity contribution in [3.63, 3.8) is 0 Å². The summed E-state index contributed by atoms with van der Waals surface area (Å²) in [6, 6.07) is 13.8. The summed E-state index contributed by atoms with van der Waals surface area (Å²) in [6.07, 6.45) is 3.39. The Balaban J connectivity index is 1.70. The van der Waals surface area contributed by atoms with Crippen LogP contribution in [-0.2, 0) is 6.54 Å². The van der Waals surface area contributed by atoms with Gasteiger partial charge in [-0.3, -0.25) is 14.6 Å². The van der Waals surface area contributed by atoms with Gasteiger partial charge in [-0.25, -0.2) is 0 Å². The summed E-state index contributed by atoms with van der Waals surface area (Å²) in [4.78, 5) is 33.0. The molecule has 0 bridgehead atoms. The molecule has 5 rings (SSSR count). The van der Waals surface area contributed by atoms with Crippen molar-refractivity contribution >= 4 is 28.5 Å². The van der Waals surface area contributed by atoms with Crippen LogP contribution in [0.2, 0.25) is 5.02 Å². The van der Waals surface area contributed by atoms with Crippen LogP contribution in [0.5, 0.6) is 5.75 Å². The third-order valence-electron chi connectivity index (χ3n) is 5.83. The Morgan fingerprint density at radius 2 is 1.94 bits per heavy atom. The number of aryl methyl sites for hydroxylation is 1. The minimum Gasteiger partial charge on any atom is -0.494 e. The molecule has 3 heterocycles. The second kappa shape index (κ2) is 8.37. The van der Waals surface area contributed by atoms with Gasteiger partial charge in [-0.15, -0.1) is 0 Å². The van der Waals surface area contributed by atoms with Crippen molar-refractivity contribution in [1.29, 1.82) is 0 Å². The Hall–Kier alpha value is -3.64. The molecule has 1 aliphatic rings. The first-order chi connectivity index (χ1) is 16.0. The van der Waals surface area contributed by atoms with Crippen LogP contribution in [0, 0.1) is 6.92 Å². The maximum absolute atomic E-state index is 13.6. The first-order valence-electron chi connectivity index (χ1n) is 10.7. The van der Waals surface area contributed by atoms with Gasteiger partial charge in [0.1, 0.15) is 11.3 Å². The molecule has 33 heavy (non-hydrogen) atoms. The van der Waals surface area contributed by atoms with Gasteiger partial charge >= 0.3 is 0 Å². The second-order valence-corrected chi connectivity index (χ2v) is 8.38. The highest BCUT2D eigenvalue weighted by atomic mass is 35.5. The summed E-state index contributed by atoms with van der Waals surface area (Å²) in [5.74, 6) is 0.453. The van der Waals surface area contributed by atoms with Gasteiger partial charge in [0.15, 0.2) is 5.43 Å². The Morgan fingerprint density at radius 3 is 2.64 bits per heavy atom. The summed E-state index contributed by atoms with van der Waals surface area (Å²) in [7, 11) is 0. The lowest BCUT2D eigenvalue weighted by atomic mass is 9.98. The number of aromatic nitrogens is 1. The number of amides is 1. The number of pyridine rings is 1. The summed E-state index contributed by atoms with van der Waals surface area (Å²) < 4.78 is 11.6. The van der Waals surface area contributed by atoms with Crippen LogP contribution in [0.4, 0.5) is 0 Å². The summed E-state index contributed by atoms with van der Waals surface area (Å²) in [5, 5.41) is 0.834. The molecule has 6 nitrogen and oxygen atoms in total. The van der Waals surface area contributed by atoms with Gasteiger partial charge < -0.3 is 14.1 Å². The lowest BCUT2D eigenvalue weighted by Crippen LogP contribution is -2.29. The Labute approximate surface area is 195 Å². The lowest BCUT2D eigenvalue weighted by molar-refractivity contribution is 0.0714. The average molecular weight is 461 g/mol. The van der Waals surface area contributed by atoms with E-state index in [1.807, 2.05) is 50.2 Å². The van der Waals surface area contributed by atoms with Gasteiger partial charge in [-0.05, 0) is 60.9 Å². The molecule has 0 aliphatic carbocycles. The van der Waals surface area contributed by atoms with E-state index in [-0.39, 0.29) is 23.6 Å². The van der Waals surface area contributed by atoms with E-state index in [1.165, 1.54) is 0 Å². The molecule has 0 fully saturated rings. The highest BCUT2D eigenvalue weighted by Crippen LogP contribution is 2.40. The second-order valence-electron chi connectivity index (χ2n) is 7.97. The minimum atomic E-state index is -0.607. The molecule has 166 valence electrons. The molecule has 2 aromatic carbocycles. The molecule has 0 saturated carbocycles. The van der Waals surface area contributed by atoms with Crippen molar-refractivity contribution in [2.24, 2.45) is 0 Å². The first-order valence-corrected chi connectivity index (χ1v) is 11.0. The van der Waals surface area contributed by atoms with Gasteiger partial charge in [0.2, 0.25) is 5.76 Å². The lowest BCUT2D eigenvalue weighted by Gasteiger charge is -2.25. The standard InChI is InChI=1S/C26H21ClN2O4/c1-3-32-18-8-6-17(7-9-18)23-22-24(30)19-12-20(27)15(2)11-21(19)33-25(22)26(31)29(23)14-16-5-4-10-28-13-16/h4-13,23H,3,14H2,1-2H3/t23-/m1/s1. The van der Waals surface area contributed by atoms with E-state index in [0.717, 1.165) is 22.4 Å². The predicted octanol–water partition coefficient (Wildman–Crippen LogP) is 5.29. The fourth-order valence-electron chi connectivity index (χ4n) is 4.25. The molecule has 0 N–H and O–H groups in total. The predicted molar refractivity (Wildman–Crippen MR) is 126 cm³/mol. The van der Waals surface area contributed by atoms with Crippen molar-refractivity contribution in [2.75, 3.05) is 6.61 Å². The Bertz CT molecular complexity index is 1410. The highest BCUT2D eigenvalue weighted by Gasteiger charge is 2.42. The Morgan fingerprint density at radius 1 is 1.15 bits per heavy atom. The number of carbonyl (C=O) groups excluding carboxylic acids is 1. The molecule has 1 atom stereocenters. The quantitative estimate of drug-likeness (QED) is 0.404. The smallest absolute Gasteiger partial charge is 0.291 e. The van der Waals surface area contributed by atoms with E-state index in [4.69, 9.17) is 20.8 Å². The minimum absolute atomic E-state index is 0.0667. The molecule has 0 spiro atoms. The number of hydrogen-bond acceptors (Lipinski definition) is 5. The van der Waals surface area contributed by atoms with E-state index < -0.39 is 6.04 Å². The van der Waals surface area contributed by atoms with Crippen LogP contribution in [0.25, 0.3) is 11.0 Å². The van der Waals surface area contributed by atoms with Crippen LogP contribution < -0.4 is 10.2 Å². The summed E-state index contributed by atoms with van der Waals surface area (Å²) >= 11 is 6.30.